The van der Waals surface area contributed by atoms with Crippen LogP contribution in [0.5, 0.6) is 0 Å². The van der Waals surface area contributed by atoms with Crippen molar-refractivity contribution in [1.29, 1.82) is 0 Å². The highest BCUT2D eigenvalue weighted by molar-refractivity contribution is 5.84. The van der Waals surface area contributed by atoms with E-state index in [0.29, 0.717) is 68.4 Å². The summed E-state index contributed by atoms with van der Waals surface area (Å²) in [5, 5.41) is 41.1. The van der Waals surface area contributed by atoms with Crippen molar-refractivity contribution in [3.05, 3.63) is 120 Å². The van der Waals surface area contributed by atoms with Crippen LogP contribution in [0.3, 0.4) is 0 Å². The molecule has 1 aliphatic carbocycles. The van der Waals surface area contributed by atoms with Gasteiger partial charge in [-0.15, -0.1) is 0 Å². The van der Waals surface area contributed by atoms with Gasteiger partial charge in [-0.3, -0.25) is 4.98 Å². The minimum absolute atomic E-state index is 0.0232. The van der Waals surface area contributed by atoms with Gasteiger partial charge in [-0.25, -0.2) is 9.78 Å². The van der Waals surface area contributed by atoms with E-state index < -0.39 is 24.3 Å². The third-order valence-electron chi connectivity index (χ3n) is 10.4. The average Bonchev–Trinajstić information content (AvgIpc) is 4.03. The van der Waals surface area contributed by atoms with Crippen molar-refractivity contribution in [2.75, 3.05) is 29.9 Å². The minimum Gasteiger partial charge on any atom is -0.388 e. The van der Waals surface area contributed by atoms with Gasteiger partial charge < -0.3 is 35.6 Å². The van der Waals surface area contributed by atoms with Gasteiger partial charge in [0.1, 0.15) is 18.2 Å². The molecule has 15 heteroatoms. The van der Waals surface area contributed by atoms with E-state index in [-0.39, 0.29) is 18.0 Å². The Labute approximate surface area is 312 Å². The van der Waals surface area contributed by atoms with Crippen LogP contribution in [0.25, 0.3) is 11.2 Å². The van der Waals surface area contributed by atoms with Crippen molar-refractivity contribution >= 4 is 29.0 Å². The number of anilines is 2. The molecule has 2 amide bonds. The van der Waals surface area contributed by atoms with Crippen molar-refractivity contribution in [3.63, 3.8) is 0 Å². The van der Waals surface area contributed by atoms with E-state index in [9.17, 15) is 15.0 Å². The summed E-state index contributed by atoms with van der Waals surface area (Å²) in [5.74, 6) is 1.06. The number of amides is 2. The van der Waals surface area contributed by atoms with Gasteiger partial charge in [0.2, 0.25) is 5.95 Å². The number of pyridine rings is 1. The lowest BCUT2D eigenvalue weighted by Gasteiger charge is -2.22. The summed E-state index contributed by atoms with van der Waals surface area (Å²) in [6.45, 7) is 3.98. The first-order chi connectivity index (χ1) is 26.4. The Bertz CT molecular complexity index is 2120. The molecule has 8 rings (SSSR count). The number of imidazole rings is 1. The normalized spacial score (nSPS) is 21.2. The number of nitrogens with zero attached hydrogens (tertiary/aromatic N) is 9. The van der Waals surface area contributed by atoms with Gasteiger partial charge in [-0.1, -0.05) is 73.7 Å². The fourth-order valence-corrected chi connectivity index (χ4v) is 7.50. The number of hydrogen-bond acceptors (Lipinski definition) is 11. The molecule has 2 aromatic carbocycles. The maximum Gasteiger partial charge on any atom is 0.315 e. The summed E-state index contributed by atoms with van der Waals surface area (Å²) in [4.78, 5) is 35.5. The number of benzene rings is 2. The number of urea groups is 1. The van der Waals surface area contributed by atoms with Gasteiger partial charge in [-0.05, 0) is 42.5 Å². The van der Waals surface area contributed by atoms with Crippen LogP contribution in [-0.2, 0) is 13.0 Å². The van der Waals surface area contributed by atoms with Crippen molar-refractivity contribution < 1.29 is 15.0 Å². The van der Waals surface area contributed by atoms with Crippen LogP contribution in [0.1, 0.15) is 60.3 Å². The number of rotatable bonds is 12. The molecule has 5 N–H and O–H groups in total. The van der Waals surface area contributed by atoms with Crippen LogP contribution >= 0.6 is 0 Å². The van der Waals surface area contributed by atoms with E-state index in [1.165, 1.54) is 4.80 Å². The Morgan fingerprint density at radius 1 is 0.907 bits per heavy atom. The zero-order valence-electron chi connectivity index (χ0n) is 30.0. The third kappa shape index (κ3) is 7.32. The first kappa shape index (κ1) is 35.1. The molecule has 2 aliphatic rings. The number of aliphatic hydroxyl groups is 2. The quantitative estimate of drug-likeness (QED) is 0.124. The van der Waals surface area contributed by atoms with Gasteiger partial charge in [0.05, 0.1) is 36.5 Å². The molecule has 2 fully saturated rings. The highest BCUT2D eigenvalue weighted by atomic mass is 16.3. The highest BCUT2D eigenvalue weighted by Crippen LogP contribution is 2.40. The summed E-state index contributed by atoms with van der Waals surface area (Å²) in [6.07, 6.45) is 4.66. The van der Waals surface area contributed by atoms with Gasteiger partial charge >= 0.3 is 6.03 Å². The number of aromatic nitrogens is 8. The molecular formula is C39H44N12O3. The molecule has 4 aromatic heterocycles. The second-order valence-corrected chi connectivity index (χ2v) is 13.9. The Morgan fingerprint density at radius 3 is 2.35 bits per heavy atom. The topological polar surface area (TPSA) is 184 Å². The maximum absolute atomic E-state index is 12.8. The monoisotopic (exact) mass is 728 g/mol. The lowest BCUT2D eigenvalue weighted by atomic mass is 9.91. The van der Waals surface area contributed by atoms with E-state index in [2.05, 4.69) is 60.3 Å². The number of hydrogen-bond donors (Lipinski definition) is 5. The molecule has 278 valence electrons. The lowest BCUT2D eigenvalue weighted by molar-refractivity contribution is 0.00497. The molecule has 1 aliphatic heterocycles. The van der Waals surface area contributed by atoms with Gasteiger partial charge in [-0.2, -0.15) is 25.0 Å². The zero-order valence-corrected chi connectivity index (χ0v) is 30.0. The fourth-order valence-electron chi connectivity index (χ4n) is 7.50. The largest absolute Gasteiger partial charge is 0.388 e. The van der Waals surface area contributed by atoms with Gasteiger partial charge in [0, 0.05) is 37.8 Å². The minimum atomic E-state index is -1.11. The molecule has 1 unspecified atom stereocenters. The summed E-state index contributed by atoms with van der Waals surface area (Å²) >= 11 is 0. The second kappa shape index (κ2) is 15.6. The Kier molecular flexibility index (Phi) is 10.1. The van der Waals surface area contributed by atoms with Crippen molar-refractivity contribution in [1.82, 2.24) is 50.1 Å². The van der Waals surface area contributed by atoms with Gasteiger partial charge in [0.25, 0.3) is 0 Å². The van der Waals surface area contributed by atoms with Crippen LogP contribution in [0.4, 0.5) is 16.6 Å². The molecule has 0 spiro atoms. The first-order valence-electron chi connectivity index (χ1n) is 18.5. The van der Waals surface area contributed by atoms with Crippen molar-refractivity contribution in [2.45, 2.75) is 69.0 Å². The molecule has 54 heavy (non-hydrogen) atoms. The summed E-state index contributed by atoms with van der Waals surface area (Å²) in [7, 11) is 0. The molecule has 15 nitrogen and oxygen atoms in total. The van der Waals surface area contributed by atoms with E-state index in [1.54, 1.807) is 18.7 Å². The maximum atomic E-state index is 12.8. The molecule has 0 radical (unpaired) electrons. The number of carbonyl (C=O) groups excluding carboxylic acids is 1. The second-order valence-electron chi connectivity index (χ2n) is 13.9. The molecule has 5 heterocycles. The van der Waals surface area contributed by atoms with Crippen LogP contribution in [-0.4, -0.2) is 93.6 Å². The fraction of sp³-hybridized carbons (Fsp3) is 0.359. The highest BCUT2D eigenvalue weighted by Gasteiger charge is 2.45. The number of carbonyl (C=O) groups is 1. The van der Waals surface area contributed by atoms with Crippen LogP contribution in [0.15, 0.2) is 97.6 Å². The molecule has 6 aromatic rings. The molecule has 1 saturated carbocycles. The van der Waals surface area contributed by atoms with Crippen LogP contribution < -0.4 is 20.9 Å². The van der Waals surface area contributed by atoms with Gasteiger partial charge in [0.15, 0.2) is 17.0 Å². The van der Waals surface area contributed by atoms with Crippen LogP contribution in [0, 0.1) is 0 Å². The number of fused-ring (bicyclic) bond motifs is 1. The molecule has 5 atom stereocenters. The Morgan fingerprint density at radius 2 is 1.65 bits per heavy atom. The Balaban J connectivity index is 1.08. The van der Waals surface area contributed by atoms with Crippen molar-refractivity contribution in [2.24, 2.45) is 0 Å². The SMILES string of the molecule is CCc1cnn([C@H]2C[C@@H](n3cnc4c(NCC(c5ccccc5)c5ccccc5)nc(N5CCC(NC(=O)NCc6ccccn6)C5)nc43)[C@H](O)[C@@H]2O)n1. The number of aryl methyl sites for hydroxylation is 1. The number of aliphatic hydroxyl groups excluding tert-OH is 2. The summed E-state index contributed by atoms with van der Waals surface area (Å²) < 4.78 is 1.84. The summed E-state index contributed by atoms with van der Waals surface area (Å²) in [6, 6.07) is 24.8. The van der Waals surface area contributed by atoms with Crippen molar-refractivity contribution in [3.8, 4) is 0 Å². The average molecular weight is 729 g/mol. The smallest absolute Gasteiger partial charge is 0.315 e. The van der Waals surface area contributed by atoms with Crippen LogP contribution in [0.2, 0.25) is 0 Å². The Hall–Kier alpha value is -5.93. The summed E-state index contributed by atoms with van der Waals surface area (Å²) in [5.41, 5.74) is 5.00. The third-order valence-corrected chi connectivity index (χ3v) is 10.4. The number of nitrogens with one attached hydrogen (secondary N) is 3. The first-order valence-corrected chi connectivity index (χ1v) is 18.5. The zero-order chi connectivity index (χ0) is 37.0. The van der Waals surface area contributed by atoms with E-state index in [4.69, 9.17) is 15.0 Å². The van der Waals surface area contributed by atoms with E-state index in [0.717, 1.165) is 22.5 Å². The van der Waals surface area contributed by atoms with E-state index >= 15 is 0 Å². The predicted octanol–water partition coefficient (Wildman–Crippen LogP) is 3.61. The predicted molar refractivity (Wildman–Crippen MR) is 203 cm³/mol. The lowest BCUT2D eigenvalue weighted by Crippen LogP contribution is -2.43. The molecular weight excluding hydrogens is 685 g/mol. The van der Waals surface area contributed by atoms with E-state index in [1.807, 2.05) is 66.1 Å². The molecule has 1 saturated heterocycles. The molecule has 0 bridgehead atoms. The standard InChI is InChI=1S/C39H44N12O3/c1-2-27-21-44-51(48-27)32-19-31(34(52)35(32)53)50-24-43-33-36(41-22-30(25-11-5-3-6-12-25)26-13-7-4-8-14-26)46-38(47-37(33)50)49-18-16-29(23-49)45-39(54)42-20-28-15-9-10-17-40-28/h3-15,17,21,24,29-32,34-35,52-53H,2,16,18-20,22-23H2,1H3,(H,41,46,47)(H2,42,45,54)/t29?,31-,32+,34+,35-/m1/s1.